The van der Waals surface area contributed by atoms with Crippen LogP contribution in [0.4, 0.5) is 0 Å². The predicted octanol–water partition coefficient (Wildman–Crippen LogP) is 2.90. The Bertz CT molecular complexity index is 283. The van der Waals surface area contributed by atoms with Crippen LogP contribution >= 0.6 is 12.6 Å². The van der Waals surface area contributed by atoms with Gasteiger partial charge in [-0.1, -0.05) is 19.3 Å². The molecule has 0 spiro atoms. The van der Waals surface area contributed by atoms with Gasteiger partial charge in [0, 0.05) is 4.75 Å². The Labute approximate surface area is 103 Å². The quantitative estimate of drug-likeness (QED) is 0.576. The average Bonchev–Trinajstić information content (AvgIpc) is 2.90. The van der Waals surface area contributed by atoms with Crippen LogP contribution in [-0.4, -0.2) is 22.2 Å². The average molecular weight is 242 g/mol. The Hall–Kier alpha value is 0.270. The van der Waals surface area contributed by atoms with Crippen molar-refractivity contribution in [3.8, 4) is 0 Å². The third kappa shape index (κ3) is 2.14. The van der Waals surface area contributed by atoms with Crippen LogP contribution in [0.15, 0.2) is 0 Å². The second-order valence-electron chi connectivity index (χ2n) is 6.23. The van der Waals surface area contributed by atoms with Crippen molar-refractivity contribution in [3.63, 3.8) is 0 Å². The highest BCUT2D eigenvalue weighted by Crippen LogP contribution is 2.55. The largest absolute Gasteiger partial charge is 0.366 e. The van der Waals surface area contributed by atoms with E-state index in [1.807, 2.05) is 0 Å². The highest BCUT2D eigenvalue weighted by Gasteiger charge is 2.49. The molecule has 16 heavy (non-hydrogen) atoms. The van der Waals surface area contributed by atoms with E-state index < -0.39 is 6.29 Å². The van der Waals surface area contributed by atoms with Gasteiger partial charge in [0.2, 0.25) is 0 Å². The van der Waals surface area contributed by atoms with Gasteiger partial charge in [-0.15, -0.1) is 0 Å². The topological polar surface area (TPSA) is 32.8 Å². The number of thiol groups is 1. The molecule has 3 heteroatoms. The molecule has 1 saturated heterocycles. The normalized spacial score (nSPS) is 52.1. The van der Waals surface area contributed by atoms with E-state index in [0.717, 1.165) is 6.42 Å². The van der Waals surface area contributed by atoms with E-state index in [9.17, 15) is 5.11 Å². The second-order valence-corrected chi connectivity index (χ2v) is 7.18. The minimum absolute atomic E-state index is 0.133. The van der Waals surface area contributed by atoms with E-state index in [0.29, 0.717) is 5.41 Å². The van der Waals surface area contributed by atoms with Crippen LogP contribution in [0.5, 0.6) is 0 Å². The lowest BCUT2D eigenvalue weighted by atomic mass is 9.66. The summed E-state index contributed by atoms with van der Waals surface area (Å²) >= 11 is 4.95. The SMILES string of the molecule is OC1OC1CC12CCCCC(S)(CCC1)C2. The minimum Gasteiger partial charge on any atom is -0.366 e. The van der Waals surface area contributed by atoms with Gasteiger partial charge >= 0.3 is 0 Å². The van der Waals surface area contributed by atoms with Crippen LogP contribution in [0, 0.1) is 5.41 Å². The first-order valence-electron chi connectivity index (χ1n) is 6.67. The van der Waals surface area contributed by atoms with Gasteiger partial charge in [-0.3, -0.25) is 0 Å². The van der Waals surface area contributed by atoms with E-state index in [4.69, 9.17) is 17.4 Å². The summed E-state index contributed by atoms with van der Waals surface area (Å²) in [5, 5.41) is 9.34. The van der Waals surface area contributed by atoms with Gasteiger partial charge in [0.15, 0.2) is 6.29 Å². The number of aliphatic hydroxyl groups is 1. The van der Waals surface area contributed by atoms with Crippen LogP contribution in [0.1, 0.15) is 57.8 Å². The molecule has 0 aromatic heterocycles. The van der Waals surface area contributed by atoms with Gasteiger partial charge in [0.1, 0.15) is 6.10 Å². The van der Waals surface area contributed by atoms with Gasteiger partial charge in [0.25, 0.3) is 0 Å². The summed E-state index contributed by atoms with van der Waals surface area (Å²) in [5.74, 6) is 0. The summed E-state index contributed by atoms with van der Waals surface area (Å²) in [5.41, 5.74) is 0.429. The van der Waals surface area contributed by atoms with Crippen molar-refractivity contribution < 1.29 is 9.84 Å². The number of rotatable bonds is 2. The molecule has 3 rings (SSSR count). The molecule has 0 radical (unpaired) electrons. The summed E-state index contributed by atoms with van der Waals surface area (Å²) < 4.78 is 5.50. The Morgan fingerprint density at radius 2 is 1.75 bits per heavy atom. The zero-order valence-corrected chi connectivity index (χ0v) is 10.7. The molecule has 1 N–H and O–H groups in total. The molecule has 0 amide bonds. The molecule has 92 valence electrons. The third-order valence-electron chi connectivity index (χ3n) is 4.84. The van der Waals surface area contributed by atoms with Crippen LogP contribution < -0.4 is 0 Å². The maximum Gasteiger partial charge on any atom is 0.181 e. The maximum absolute atomic E-state index is 9.34. The van der Waals surface area contributed by atoms with Gasteiger partial charge in [-0.05, 0) is 43.9 Å². The van der Waals surface area contributed by atoms with Crippen molar-refractivity contribution in [2.24, 2.45) is 5.41 Å². The number of ether oxygens (including phenoxy) is 1. The van der Waals surface area contributed by atoms with Gasteiger partial charge in [0.05, 0.1) is 0 Å². The molecule has 0 aromatic carbocycles. The Morgan fingerprint density at radius 3 is 2.50 bits per heavy atom. The molecule has 2 aliphatic carbocycles. The maximum atomic E-state index is 9.34. The van der Waals surface area contributed by atoms with E-state index in [2.05, 4.69) is 0 Å². The first kappa shape index (κ1) is 11.4. The van der Waals surface area contributed by atoms with Crippen LogP contribution in [0.2, 0.25) is 0 Å². The Kier molecular flexibility index (Phi) is 2.76. The van der Waals surface area contributed by atoms with Crippen molar-refractivity contribution in [2.45, 2.75) is 74.9 Å². The summed E-state index contributed by atoms with van der Waals surface area (Å²) in [6.07, 6.45) is 11.2. The van der Waals surface area contributed by atoms with Crippen LogP contribution in [0.25, 0.3) is 0 Å². The molecular formula is C13H22O2S. The second kappa shape index (κ2) is 3.89. The van der Waals surface area contributed by atoms with Crippen molar-refractivity contribution in [1.82, 2.24) is 0 Å². The lowest BCUT2D eigenvalue weighted by Crippen LogP contribution is -2.37. The third-order valence-corrected chi connectivity index (χ3v) is 5.45. The summed E-state index contributed by atoms with van der Waals surface area (Å²) in [6.45, 7) is 0. The number of aliphatic hydroxyl groups excluding tert-OH is 1. The zero-order chi connectivity index (χ0) is 11.2. The molecule has 2 bridgehead atoms. The van der Waals surface area contributed by atoms with Crippen molar-refractivity contribution >= 4 is 12.6 Å². The number of hydrogen-bond acceptors (Lipinski definition) is 3. The highest BCUT2D eigenvalue weighted by atomic mass is 32.1. The summed E-state index contributed by atoms with van der Waals surface area (Å²) in [4.78, 5) is 0. The molecular weight excluding hydrogens is 220 g/mol. The monoisotopic (exact) mass is 242 g/mol. The Balaban J connectivity index is 1.75. The fraction of sp³-hybridized carbons (Fsp3) is 1.00. The van der Waals surface area contributed by atoms with E-state index >= 15 is 0 Å². The standard InChI is InChI=1S/C13H22O2S/c14-11-10(15-11)8-12-4-1-2-6-13(16,9-12)7-3-5-12/h10-11,14,16H,1-9H2. The molecule has 4 atom stereocenters. The van der Waals surface area contributed by atoms with Gasteiger partial charge < -0.3 is 9.84 Å². The van der Waals surface area contributed by atoms with Crippen molar-refractivity contribution in [3.05, 3.63) is 0 Å². The molecule has 2 nitrogen and oxygen atoms in total. The van der Waals surface area contributed by atoms with Gasteiger partial charge in [-0.2, -0.15) is 12.6 Å². The summed E-state index contributed by atoms with van der Waals surface area (Å²) in [6, 6.07) is 0. The first-order valence-corrected chi connectivity index (χ1v) is 7.12. The molecule has 1 heterocycles. The molecule has 0 aromatic rings. The van der Waals surface area contributed by atoms with E-state index in [1.165, 1.54) is 51.4 Å². The molecule has 2 saturated carbocycles. The first-order chi connectivity index (χ1) is 7.61. The number of hydrogen-bond donors (Lipinski definition) is 2. The summed E-state index contributed by atoms with van der Waals surface area (Å²) in [7, 11) is 0. The van der Waals surface area contributed by atoms with Gasteiger partial charge in [-0.25, -0.2) is 0 Å². The smallest absolute Gasteiger partial charge is 0.181 e. The molecule has 4 unspecified atom stereocenters. The van der Waals surface area contributed by atoms with Crippen molar-refractivity contribution in [2.75, 3.05) is 0 Å². The van der Waals surface area contributed by atoms with Crippen molar-refractivity contribution in [1.29, 1.82) is 0 Å². The zero-order valence-electron chi connectivity index (χ0n) is 9.82. The van der Waals surface area contributed by atoms with E-state index in [-0.39, 0.29) is 10.9 Å². The lowest BCUT2D eigenvalue weighted by molar-refractivity contribution is 0.127. The molecule has 1 aliphatic heterocycles. The fourth-order valence-corrected chi connectivity index (χ4v) is 4.69. The van der Waals surface area contributed by atoms with Crippen LogP contribution in [0.3, 0.4) is 0 Å². The fourth-order valence-electron chi connectivity index (χ4n) is 4.03. The van der Waals surface area contributed by atoms with E-state index in [1.54, 1.807) is 0 Å². The molecule has 3 aliphatic rings. The number of epoxide rings is 1. The molecule has 3 fully saturated rings. The Morgan fingerprint density at radius 1 is 1.12 bits per heavy atom. The number of fused-ring (bicyclic) bond motifs is 2. The lowest BCUT2D eigenvalue weighted by Gasteiger charge is -2.44. The highest BCUT2D eigenvalue weighted by molar-refractivity contribution is 7.81. The minimum atomic E-state index is -0.464. The van der Waals surface area contributed by atoms with Crippen LogP contribution in [-0.2, 0) is 4.74 Å². The predicted molar refractivity (Wildman–Crippen MR) is 66.6 cm³/mol.